The highest BCUT2D eigenvalue weighted by atomic mass is 16.5. The van der Waals surface area contributed by atoms with Crippen molar-refractivity contribution in [2.45, 2.75) is 20.3 Å². The lowest BCUT2D eigenvalue weighted by molar-refractivity contribution is -0.115. The molecule has 2 heterocycles. The molecule has 1 N–H and O–H groups in total. The van der Waals surface area contributed by atoms with Crippen LogP contribution in [0.4, 0.5) is 5.82 Å². The van der Waals surface area contributed by atoms with Crippen molar-refractivity contribution in [1.82, 2.24) is 19.7 Å². The Morgan fingerprint density at radius 1 is 1.07 bits per heavy atom. The first kappa shape index (κ1) is 18.4. The van der Waals surface area contributed by atoms with Gasteiger partial charge in [-0.3, -0.25) is 4.79 Å². The van der Waals surface area contributed by atoms with E-state index in [-0.39, 0.29) is 12.3 Å². The zero-order valence-corrected chi connectivity index (χ0v) is 15.7. The van der Waals surface area contributed by atoms with E-state index in [9.17, 15) is 4.79 Å². The molecule has 140 valence electrons. The number of carbonyl (C=O) groups is 1. The van der Waals surface area contributed by atoms with Gasteiger partial charge in [0.1, 0.15) is 12.1 Å². The fourth-order valence-corrected chi connectivity index (χ4v) is 2.76. The molecule has 27 heavy (non-hydrogen) atoms. The molecule has 2 aromatic heterocycles. The minimum Gasteiger partial charge on any atom is -0.493 e. The fraction of sp³-hybridized carbons (Fsp3) is 0.263. The maximum Gasteiger partial charge on any atom is 0.229 e. The van der Waals surface area contributed by atoms with Crippen LogP contribution >= 0.6 is 0 Å². The number of aromatic nitrogens is 4. The molecule has 0 unspecified atom stereocenters. The summed E-state index contributed by atoms with van der Waals surface area (Å²) >= 11 is 0. The maximum absolute atomic E-state index is 12.4. The lowest BCUT2D eigenvalue weighted by atomic mass is 10.1. The molecule has 3 rings (SSSR count). The Balaban J connectivity index is 1.73. The fourth-order valence-electron chi connectivity index (χ4n) is 2.76. The monoisotopic (exact) mass is 367 g/mol. The molecule has 0 aliphatic rings. The summed E-state index contributed by atoms with van der Waals surface area (Å²) in [5.41, 5.74) is 2.65. The summed E-state index contributed by atoms with van der Waals surface area (Å²) < 4.78 is 12.2. The number of benzene rings is 1. The Morgan fingerprint density at radius 3 is 2.52 bits per heavy atom. The largest absolute Gasteiger partial charge is 0.493 e. The molecule has 0 radical (unpaired) electrons. The van der Waals surface area contributed by atoms with Crippen LogP contribution in [0.1, 0.15) is 17.0 Å². The third-order valence-electron chi connectivity index (χ3n) is 3.96. The quantitative estimate of drug-likeness (QED) is 0.720. The number of rotatable bonds is 6. The van der Waals surface area contributed by atoms with E-state index in [1.807, 2.05) is 26.0 Å². The van der Waals surface area contributed by atoms with Crippen LogP contribution in [0.15, 0.2) is 36.7 Å². The predicted octanol–water partition coefficient (Wildman–Crippen LogP) is 2.48. The average molecular weight is 367 g/mol. The summed E-state index contributed by atoms with van der Waals surface area (Å²) in [6.45, 7) is 3.86. The van der Waals surface area contributed by atoms with Crippen molar-refractivity contribution >= 4 is 11.7 Å². The highest BCUT2D eigenvalue weighted by molar-refractivity contribution is 5.91. The summed E-state index contributed by atoms with van der Waals surface area (Å²) in [6, 6.07) is 9.01. The minimum atomic E-state index is -0.194. The first-order valence-corrected chi connectivity index (χ1v) is 8.36. The number of nitrogens with one attached hydrogen (secondary N) is 1. The second-order valence-corrected chi connectivity index (χ2v) is 6.01. The van der Waals surface area contributed by atoms with Gasteiger partial charge in [0.2, 0.25) is 5.91 Å². The number of anilines is 1. The Hall–Kier alpha value is -3.42. The van der Waals surface area contributed by atoms with Crippen molar-refractivity contribution in [3.63, 3.8) is 0 Å². The van der Waals surface area contributed by atoms with Crippen LogP contribution in [0.2, 0.25) is 0 Å². The second-order valence-electron chi connectivity index (χ2n) is 6.01. The lowest BCUT2D eigenvalue weighted by Crippen LogP contribution is -2.16. The van der Waals surface area contributed by atoms with E-state index in [0.717, 1.165) is 17.0 Å². The Bertz CT molecular complexity index is 968. The minimum absolute atomic E-state index is 0.180. The van der Waals surface area contributed by atoms with E-state index >= 15 is 0 Å². The first-order valence-electron chi connectivity index (χ1n) is 8.36. The number of ether oxygens (including phenoxy) is 2. The molecule has 1 amide bonds. The summed E-state index contributed by atoms with van der Waals surface area (Å²) in [5.74, 6) is 2.01. The van der Waals surface area contributed by atoms with Gasteiger partial charge in [0.05, 0.1) is 26.3 Å². The molecule has 8 nitrogen and oxygen atoms in total. The molecule has 0 saturated heterocycles. The van der Waals surface area contributed by atoms with E-state index in [1.165, 1.54) is 6.33 Å². The van der Waals surface area contributed by atoms with Gasteiger partial charge < -0.3 is 14.8 Å². The molecule has 0 fully saturated rings. The molecule has 0 aliphatic carbocycles. The van der Waals surface area contributed by atoms with E-state index in [1.54, 1.807) is 37.1 Å². The Labute approximate surface area is 157 Å². The topological polar surface area (TPSA) is 91.2 Å². The van der Waals surface area contributed by atoms with Crippen molar-refractivity contribution in [2.75, 3.05) is 19.5 Å². The van der Waals surface area contributed by atoms with Gasteiger partial charge >= 0.3 is 0 Å². The number of nitrogens with zero attached hydrogens (tertiary/aromatic N) is 4. The number of methoxy groups -OCH3 is 2. The van der Waals surface area contributed by atoms with Gasteiger partial charge in [-0.25, -0.2) is 14.6 Å². The third-order valence-corrected chi connectivity index (χ3v) is 3.96. The van der Waals surface area contributed by atoms with Gasteiger partial charge in [0.15, 0.2) is 17.3 Å². The van der Waals surface area contributed by atoms with Gasteiger partial charge in [-0.05, 0) is 37.6 Å². The number of aryl methyl sites for hydroxylation is 2. The molecular weight excluding hydrogens is 346 g/mol. The normalized spacial score (nSPS) is 10.5. The van der Waals surface area contributed by atoms with E-state index in [2.05, 4.69) is 20.4 Å². The summed E-state index contributed by atoms with van der Waals surface area (Å²) in [5, 5.41) is 7.18. The molecule has 0 spiro atoms. The van der Waals surface area contributed by atoms with E-state index in [4.69, 9.17) is 9.47 Å². The van der Waals surface area contributed by atoms with Crippen LogP contribution < -0.4 is 14.8 Å². The van der Waals surface area contributed by atoms with Crippen molar-refractivity contribution in [1.29, 1.82) is 0 Å². The zero-order chi connectivity index (χ0) is 19.4. The van der Waals surface area contributed by atoms with Crippen molar-refractivity contribution in [3.8, 4) is 17.3 Å². The Morgan fingerprint density at radius 2 is 1.85 bits per heavy atom. The second kappa shape index (κ2) is 7.86. The summed E-state index contributed by atoms with van der Waals surface area (Å²) in [7, 11) is 3.13. The SMILES string of the molecule is COc1ccc(CC(=O)Nc2cc(-n3nc(C)cc3C)ncn2)cc1OC. The number of hydrogen-bond acceptors (Lipinski definition) is 6. The molecule has 0 saturated carbocycles. The summed E-state index contributed by atoms with van der Waals surface area (Å²) in [6.07, 6.45) is 1.58. The van der Waals surface area contributed by atoms with Gasteiger partial charge in [0.25, 0.3) is 0 Å². The van der Waals surface area contributed by atoms with Gasteiger partial charge in [0, 0.05) is 11.8 Å². The highest BCUT2D eigenvalue weighted by Crippen LogP contribution is 2.27. The molecule has 0 aliphatic heterocycles. The smallest absolute Gasteiger partial charge is 0.229 e. The number of amides is 1. The van der Waals surface area contributed by atoms with Crippen LogP contribution in [-0.4, -0.2) is 39.9 Å². The predicted molar refractivity (Wildman–Crippen MR) is 101 cm³/mol. The number of carbonyl (C=O) groups excluding carboxylic acids is 1. The first-order chi connectivity index (χ1) is 13.0. The van der Waals surface area contributed by atoms with Crippen LogP contribution in [0.5, 0.6) is 11.5 Å². The molecule has 8 heteroatoms. The van der Waals surface area contributed by atoms with Gasteiger partial charge in [-0.1, -0.05) is 6.07 Å². The average Bonchev–Trinajstić information content (AvgIpc) is 3.00. The molecule has 1 aromatic carbocycles. The maximum atomic E-state index is 12.4. The standard InChI is InChI=1S/C19H21N5O3/c1-12-7-13(2)24(23-12)18-10-17(20-11-21-18)22-19(25)9-14-5-6-15(26-3)16(8-14)27-4/h5-8,10-11H,9H2,1-4H3,(H,20,21,22,25). The van der Waals surface area contributed by atoms with Crippen molar-refractivity contribution < 1.29 is 14.3 Å². The molecule has 0 bridgehead atoms. The van der Waals surface area contributed by atoms with E-state index < -0.39 is 0 Å². The van der Waals surface area contributed by atoms with Crippen LogP contribution in [0.3, 0.4) is 0 Å². The zero-order valence-electron chi connectivity index (χ0n) is 15.7. The number of hydrogen-bond donors (Lipinski definition) is 1. The summed E-state index contributed by atoms with van der Waals surface area (Å²) in [4.78, 5) is 20.7. The third kappa shape index (κ3) is 4.22. The van der Waals surface area contributed by atoms with Crippen LogP contribution in [0, 0.1) is 13.8 Å². The van der Waals surface area contributed by atoms with E-state index in [0.29, 0.717) is 23.1 Å². The molecule has 0 atom stereocenters. The molecular formula is C19H21N5O3. The molecule has 3 aromatic rings. The van der Waals surface area contributed by atoms with Gasteiger partial charge in [-0.15, -0.1) is 0 Å². The highest BCUT2D eigenvalue weighted by Gasteiger charge is 2.11. The van der Waals surface area contributed by atoms with Crippen molar-refractivity contribution in [2.24, 2.45) is 0 Å². The van der Waals surface area contributed by atoms with Gasteiger partial charge in [-0.2, -0.15) is 5.10 Å². The van der Waals surface area contributed by atoms with Crippen LogP contribution in [0.25, 0.3) is 5.82 Å². The van der Waals surface area contributed by atoms with Crippen molar-refractivity contribution in [3.05, 3.63) is 53.6 Å². The Kier molecular flexibility index (Phi) is 5.35. The van der Waals surface area contributed by atoms with Crippen LogP contribution in [-0.2, 0) is 11.2 Å². The lowest BCUT2D eigenvalue weighted by Gasteiger charge is -2.10.